The Balaban J connectivity index is 1.35. The topological polar surface area (TPSA) is 76.8 Å². The molecule has 2 atom stereocenters. The van der Waals surface area contributed by atoms with Gasteiger partial charge in [0.1, 0.15) is 23.2 Å². The Labute approximate surface area is 199 Å². The molecule has 4 aromatic rings. The Hall–Kier alpha value is -4.08. The van der Waals surface area contributed by atoms with Gasteiger partial charge in [0.25, 0.3) is 12.3 Å². The monoisotopic (exact) mass is 480 g/mol. The largest absolute Gasteiger partial charge is 0.363 e. The molecule has 1 amide bonds. The Morgan fingerprint density at radius 2 is 1.86 bits per heavy atom. The van der Waals surface area contributed by atoms with Gasteiger partial charge in [0.2, 0.25) is 0 Å². The van der Waals surface area contributed by atoms with Crippen LogP contribution < -0.4 is 10.6 Å². The summed E-state index contributed by atoms with van der Waals surface area (Å²) in [5, 5.41) is 14.3. The quantitative estimate of drug-likeness (QED) is 0.398. The second-order valence-corrected chi connectivity index (χ2v) is 8.60. The van der Waals surface area contributed by atoms with Gasteiger partial charge in [0.15, 0.2) is 0 Å². The van der Waals surface area contributed by atoms with Crippen molar-refractivity contribution in [1.29, 1.82) is 0 Å². The highest BCUT2D eigenvalue weighted by molar-refractivity contribution is 6.07. The first kappa shape index (κ1) is 22.7. The fourth-order valence-corrected chi connectivity index (χ4v) is 4.21. The molecule has 0 unspecified atom stereocenters. The maximum atomic E-state index is 13.9. The van der Waals surface area contributed by atoms with Crippen molar-refractivity contribution in [2.24, 2.45) is 0 Å². The molecule has 2 aromatic carbocycles. The van der Waals surface area contributed by atoms with E-state index in [2.05, 4.69) is 20.8 Å². The summed E-state index contributed by atoms with van der Waals surface area (Å²) in [6.45, 7) is 2.36. The number of amides is 1. The molecular formula is C25H23F3N6O. The molecule has 180 valence electrons. The molecule has 2 N–H and O–H groups in total. The molecule has 0 saturated heterocycles. The Bertz CT molecular complexity index is 1330. The smallest absolute Gasteiger partial charge is 0.261 e. The van der Waals surface area contributed by atoms with Gasteiger partial charge < -0.3 is 10.6 Å². The molecule has 0 aliphatic carbocycles. The molecule has 0 saturated carbocycles. The van der Waals surface area contributed by atoms with Crippen molar-refractivity contribution in [3.05, 3.63) is 95.2 Å². The van der Waals surface area contributed by atoms with E-state index in [0.29, 0.717) is 12.2 Å². The first-order valence-corrected chi connectivity index (χ1v) is 11.1. The van der Waals surface area contributed by atoms with Crippen LogP contribution in [0, 0.1) is 12.7 Å². The molecule has 0 spiro atoms. The minimum atomic E-state index is -2.63. The average molecular weight is 480 g/mol. The minimum absolute atomic E-state index is 0.145. The molecular weight excluding hydrogens is 457 g/mol. The van der Waals surface area contributed by atoms with Gasteiger partial charge in [-0.2, -0.15) is 10.2 Å². The first-order chi connectivity index (χ1) is 16.9. The van der Waals surface area contributed by atoms with Crippen molar-refractivity contribution in [2.45, 2.75) is 38.4 Å². The van der Waals surface area contributed by atoms with Crippen LogP contribution >= 0.6 is 0 Å². The van der Waals surface area contributed by atoms with E-state index in [9.17, 15) is 18.0 Å². The number of anilines is 2. The number of carbonyl (C=O) groups is 1. The summed E-state index contributed by atoms with van der Waals surface area (Å²) in [5.74, 6) is -0.556. The van der Waals surface area contributed by atoms with Crippen LogP contribution in [0.4, 0.5) is 24.7 Å². The molecule has 0 bridgehead atoms. The van der Waals surface area contributed by atoms with Crippen LogP contribution in [0.1, 0.15) is 45.6 Å². The lowest BCUT2D eigenvalue weighted by Gasteiger charge is -2.32. The average Bonchev–Trinajstić information content (AvgIpc) is 3.47. The number of benzene rings is 2. The van der Waals surface area contributed by atoms with E-state index < -0.39 is 18.4 Å². The van der Waals surface area contributed by atoms with E-state index >= 15 is 0 Å². The molecule has 10 heteroatoms. The summed E-state index contributed by atoms with van der Waals surface area (Å²) in [6.07, 6.45) is 1.94. The van der Waals surface area contributed by atoms with Gasteiger partial charge in [-0.15, -0.1) is 0 Å². The number of aryl methyl sites for hydroxylation is 1. The van der Waals surface area contributed by atoms with E-state index in [1.165, 1.54) is 29.2 Å². The number of nitrogens with zero attached hydrogens (tertiary/aromatic N) is 4. The lowest BCUT2D eigenvalue weighted by Crippen LogP contribution is -2.31. The fraction of sp³-hybridized carbons (Fsp3) is 0.240. The highest BCUT2D eigenvalue weighted by Crippen LogP contribution is 2.39. The van der Waals surface area contributed by atoms with E-state index in [0.717, 1.165) is 16.7 Å². The van der Waals surface area contributed by atoms with Gasteiger partial charge in [-0.3, -0.25) is 9.48 Å². The zero-order valence-electron chi connectivity index (χ0n) is 18.8. The predicted octanol–water partition coefficient (Wildman–Crippen LogP) is 5.19. The zero-order chi connectivity index (χ0) is 24.5. The van der Waals surface area contributed by atoms with Crippen LogP contribution in [0.15, 0.2) is 67.1 Å². The number of nitrogens with one attached hydrogen (secondary N) is 2. The molecule has 3 heterocycles. The predicted molar refractivity (Wildman–Crippen MR) is 125 cm³/mol. The number of fused-ring (bicyclic) bond motifs is 1. The Kier molecular flexibility index (Phi) is 6.02. The third-order valence-electron chi connectivity index (χ3n) is 6.06. The molecule has 1 aliphatic rings. The molecule has 5 rings (SSSR count). The summed E-state index contributed by atoms with van der Waals surface area (Å²) in [4.78, 5) is 13.0. The lowest BCUT2D eigenvalue weighted by molar-refractivity contribution is 0.0657. The van der Waals surface area contributed by atoms with Crippen LogP contribution in [0.25, 0.3) is 0 Å². The second-order valence-electron chi connectivity index (χ2n) is 8.60. The SMILES string of the molecule is Cc1ccc([C@H]2C[C@H](C(F)F)n3ncc(C(=O)Nc4cnn(Cc5ccc(F)cc5)c4)c3N2)cc1. The summed E-state index contributed by atoms with van der Waals surface area (Å²) < 4.78 is 43.7. The van der Waals surface area contributed by atoms with Crippen LogP contribution in [0.2, 0.25) is 0 Å². The number of carbonyl (C=O) groups excluding carboxylic acids is 1. The number of hydrogen-bond acceptors (Lipinski definition) is 4. The molecule has 35 heavy (non-hydrogen) atoms. The third-order valence-corrected chi connectivity index (χ3v) is 6.06. The van der Waals surface area contributed by atoms with Crippen LogP contribution in [-0.2, 0) is 6.54 Å². The van der Waals surface area contributed by atoms with E-state index in [-0.39, 0.29) is 29.7 Å². The molecule has 0 radical (unpaired) electrons. The van der Waals surface area contributed by atoms with Crippen molar-refractivity contribution in [3.8, 4) is 0 Å². The highest BCUT2D eigenvalue weighted by atomic mass is 19.3. The van der Waals surface area contributed by atoms with E-state index in [1.807, 2.05) is 31.2 Å². The van der Waals surface area contributed by atoms with Gasteiger partial charge in [0, 0.05) is 6.20 Å². The Morgan fingerprint density at radius 3 is 2.57 bits per heavy atom. The van der Waals surface area contributed by atoms with E-state index in [1.54, 1.807) is 23.0 Å². The van der Waals surface area contributed by atoms with Gasteiger partial charge in [0.05, 0.1) is 30.7 Å². The van der Waals surface area contributed by atoms with Crippen molar-refractivity contribution < 1.29 is 18.0 Å². The van der Waals surface area contributed by atoms with Gasteiger partial charge in [-0.05, 0) is 36.6 Å². The summed E-state index contributed by atoms with van der Waals surface area (Å²) in [7, 11) is 0. The molecule has 0 fully saturated rings. The lowest BCUT2D eigenvalue weighted by atomic mass is 9.96. The summed E-state index contributed by atoms with van der Waals surface area (Å²) in [5.41, 5.74) is 3.39. The van der Waals surface area contributed by atoms with Gasteiger partial charge in [-0.25, -0.2) is 17.9 Å². The number of aromatic nitrogens is 4. The summed E-state index contributed by atoms with van der Waals surface area (Å²) in [6, 6.07) is 12.2. The maximum absolute atomic E-state index is 13.9. The normalized spacial score (nSPS) is 17.2. The maximum Gasteiger partial charge on any atom is 0.261 e. The van der Waals surface area contributed by atoms with Gasteiger partial charge in [-0.1, -0.05) is 42.0 Å². The van der Waals surface area contributed by atoms with Crippen LogP contribution in [-0.4, -0.2) is 31.9 Å². The summed E-state index contributed by atoms with van der Waals surface area (Å²) >= 11 is 0. The Morgan fingerprint density at radius 1 is 1.11 bits per heavy atom. The van der Waals surface area contributed by atoms with Crippen LogP contribution in [0.3, 0.4) is 0 Å². The number of hydrogen-bond donors (Lipinski definition) is 2. The molecule has 7 nitrogen and oxygen atoms in total. The minimum Gasteiger partial charge on any atom is -0.363 e. The van der Waals surface area contributed by atoms with Crippen molar-refractivity contribution in [2.75, 3.05) is 10.6 Å². The van der Waals surface area contributed by atoms with Crippen molar-refractivity contribution in [3.63, 3.8) is 0 Å². The zero-order valence-corrected chi connectivity index (χ0v) is 18.8. The fourth-order valence-electron chi connectivity index (χ4n) is 4.21. The van der Waals surface area contributed by atoms with Crippen LogP contribution in [0.5, 0.6) is 0 Å². The number of halogens is 3. The highest BCUT2D eigenvalue weighted by Gasteiger charge is 2.36. The van der Waals surface area contributed by atoms with Crippen molar-refractivity contribution >= 4 is 17.4 Å². The second kappa shape index (κ2) is 9.28. The molecule has 2 aromatic heterocycles. The van der Waals surface area contributed by atoms with E-state index in [4.69, 9.17) is 0 Å². The third kappa shape index (κ3) is 4.77. The number of rotatable bonds is 6. The van der Waals surface area contributed by atoms with Crippen molar-refractivity contribution in [1.82, 2.24) is 19.6 Å². The molecule has 1 aliphatic heterocycles. The first-order valence-electron chi connectivity index (χ1n) is 11.1. The standard InChI is InChI=1S/C25H23F3N6O/c1-15-2-6-17(7-3-15)21-10-22(23(27)28)34-24(32-21)20(12-30-34)25(35)31-19-11-29-33(14-19)13-16-4-8-18(26)9-5-16/h2-9,11-12,14,21-23,32H,10,13H2,1H3,(H,31,35)/t21-,22-/m1/s1. The van der Waals surface area contributed by atoms with Gasteiger partial charge >= 0.3 is 0 Å². The number of alkyl halides is 2.